The summed E-state index contributed by atoms with van der Waals surface area (Å²) < 4.78 is 0. The van der Waals surface area contributed by atoms with Crippen LogP contribution in [0.1, 0.15) is 35.8 Å². The Morgan fingerprint density at radius 1 is 1.25 bits per heavy atom. The third-order valence-corrected chi connectivity index (χ3v) is 3.35. The summed E-state index contributed by atoms with van der Waals surface area (Å²) in [5.41, 5.74) is 2.79. The topological polar surface area (TPSA) is 15.8 Å². The maximum absolute atomic E-state index is 6.06. The molecule has 2 heteroatoms. The highest BCUT2D eigenvalue weighted by Gasteiger charge is 2.31. The van der Waals surface area contributed by atoms with Crippen LogP contribution in [0.5, 0.6) is 0 Å². The molecule has 0 amide bonds. The van der Waals surface area contributed by atoms with Gasteiger partial charge in [0.2, 0.25) is 0 Å². The van der Waals surface area contributed by atoms with Gasteiger partial charge in [0.1, 0.15) is 5.15 Å². The summed E-state index contributed by atoms with van der Waals surface area (Å²) in [5, 5.41) is 0.851. The molecule has 0 saturated carbocycles. The van der Waals surface area contributed by atoms with Crippen molar-refractivity contribution in [2.75, 3.05) is 0 Å². The molecular weight excluding hydrogens is 170 g/mol. The summed E-state index contributed by atoms with van der Waals surface area (Å²) in [5.74, 6) is 1.22. The second-order valence-corrected chi connectivity index (χ2v) is 4.02. The van der Waals surface area contributed by atoms with E-state index >= 15 is 0 Å². The highest BCUT2D eigenvalue weighted by Crippen LogP contribution is 2.47. The first-order chi connectivity index (χ1) is 5.86. The van der Waals surface area contributed by atoms with Gasteiger partial charge in [-0.05, 0) is 24.0 Å². The van der Waals surface area contributed by atoms with Crippen molar-refractivity contribution in [1.29, 1.82) is 0 Å². The second-order valence-electron chi connectivity index (χ2n) is 3.65. The number of aromatic amines is 1. The normalized spacial score (nSPS) is 30.8. The number of halogens is 1. The van der Waals surface area contributed by atoms with Gasteiger partial charge in [-0.1, -0.05) is 23.8 Å². The average molecular weight is 180 g/mol. The minimum Gasteiger partial charge on any atom is -0.352 e. The minimum absolute atomic E-state index is 0.587. The van der Waals surface area contributed by atoms with Gasteiger partial charge in [-0.15, -0.1) is 0 Å². The van der Waals surface area contributed by atoms with E-state index in [2.05, 4.69) is 23.3 Å². The van der Waals surface area contributed by atoms with Gasteiger partial charge in [-0.3, -0.25) is 0 Å². The Morgan fingerprint density at radius 2 is 2.00 bits per heavy atom. The fourth-order valence-electron chi connectivity index (χ4n) is 2.43. The van der Waals surface area contributed by atoms with Gasteiger partial charge in [0.25, 0.3) is 0 Å². The van der Waals surface area contributed by atoms with E-state index in [9.17, 15) is 0 Å². The molecule has 3 aliphatic rings. The molecule has 3 aliphatic carbocycles. The molecule has 62 valence electrons. The Labute approximate surface area is 76.4 Å². The second kappa shape index (κ2) is 2.17. The molecule has 0 spiro atoms. The van der Waals surface area contributed by atoms with E-state index in [1.165, 1.54) is 24.0 Å². The molecule has 1 heterocycles. The van der Waals surface area contributed by atoms with E-state index in [1.807, 2.05) is 0 Å². The first kappa shape index (κ1) is 6.79. The van der Waals surface area contributed by atoms with Gasteiger partial charge in [0.05, 0.1) is 0 Å². The number of allylic oxidation sites excluding steroid dienone is 2. The average Bonchev–Trinajstić information content (AvgIpc) is 2.53. The third kappa shape index (κ3) is 0.700. The lowest BCUT2D eigenvalue weighted by Crippen LogP contribution is -2.15. The number of rotatable bonds is 0. The molecule has 0 saturated heterocycles. The predicted molar refractivity (Wildman–Crippen MR) is 49.7 cm³/mol. The van der Waals surface area contributed by atoms with Crippen LogP contribution in [0.4, 0.5) is 0 Å². The Kier molecular flexibility index (Phi) is 1.23. The van der Waals surface area contributed by atoms with Crippen molar-refractivity contribution in [2.24, 2.45) is 0 Å². The SMILES string of the molecule is Clc1[nH]cc2c1C1C=CC2CC1. The molecule has 1 aromatic heterocycles. The highest BCUT2D eigenvalue weighted by atomic mass is 35.5. The van der Waals surface area contributed by atoms with Crippen molar-refractivity contribution in [3.05, 3.63) is 34.6 Å². The maximum atomic E-state index is 6.06. The number of H-pyrrole nitrogens is 1. The van der Waals surface area contributed by atoms with Crippen LogP contribution in [0.2, 0.25) is 5.15 Å². The van der Waals surface area contributed by atoms with E-state index in [0.717, 1.165) is 5.15 Å². The first-order valence-corrected chi connectivity index (χ1v) is 4.79. The van der Waals surface area contributed by atoms with Gasteiger partial charge < -0.3 is 4.98 Å². The number of hydrogen-bond donors (Lipinski definition) is 1. The molecule has 2 bridgehead atoms. The summed E-state index contributed by atoms with van der Waals surface area (Å²) in [6.45, 7) is 0. The zero-order valence-corrected chi connectivity index (χ0v) is 7.43. The molecule has 12 heavy (non-hydrogen) atoms. The van der Waals surface area contributed by atoms with Crippen LogP contribution in [0, 0.1) is 0 Å². The number of aromatic nitrogens is 1. The quantitative estimate of drug-likeness (QED) is 0.589. The molecular formula is C10H10ClN. The van der Waals surface area contributed by atoms with Crippen molar-refractivity contribution in [1.82, 2.24) is 4.98 Å². The Bertz CT molecular complexity index is 351. The molecule has 0 fully saturated rings. The van der Waals surface area contributed by atoms with Crippen LogP contribution in [-0.2, 0) is 0 Å². The van der Waals surface area contributed by atoms with E-state index in [1.54, 1.807) is 0 Å². The van der Waals surface area contributed by atoms with Crippen molar-refractivity contribution in [3.63, 3.8) is 0 Å². The fraction of sp³-hybridized carbons (Fsp3) is 0.400. The van der Waals surface area contributed by atoms with Crippen LogP contribution < -0.4 is 0 Å². The van der Waals surface area contributed by atoms with Crippen LogP contribution >= 0.6 is 11.6 Å². The maximum Gasteiger partial charge on any atom is 0.110 e. The highest BCUT2D eigenvalue weighted by molar-refractivity contribution is 6.30. The van der Waals surface area contributed by atoms with E-state index in [4.69, 9.17) is 11.6 Å². The van der Waals surface area contributed by atoms with E-state index < -0.39 is 0 Å². The van der Waals surface area contributed by atoms with Crippen LogP contribution in [0.15, 0.2) is 18.3 Å². The summed E-state index contributed by atoms with van der Waals surface area (Å²) in [7, 11) is 0. The fourth-order valence-corrected chi connectivity index (χ4v) is 2.73. The lowest BCUT2D eigenvalue weighted by atomic mass is 9.73. The molecule has 4 rings (SSSR count). The Hall–Kier alpha value is -0.690. The summed E-state index contributed by atoms with van der Waals surface area (Å²) in [4.78, 5) is 3.11. The van der Waals surface area contributed by atoms with Gasteiger partial charge in [-0.25, -0.2) is 0 Å². The lowest BCUT2D eigenvalue weighted by Gasteiger charge is -2.30. The molecule has 1 nitrogen and oxygen atoms in total. The van der Waals surface area contributed by atoms with Crippen molar-refractivity contribution < 1.29 is 0 Å². The van der Waals surface area contributed by atoms with Crippen molar-refractivity contribution in [2.45, 2.75) is 24.7 Å². The Balaban J connectivity index is 2.26. The molecule has 0 radical (unpaired) electrons. The lowest BCUT2D eigenvalue weighted by molar-refractivity contribution is 0.557. The number of nitrogens with one attached hydrogen (secondary N) is 1. The van der Waals surface area contributed by atoms with Crippen molar-refractivity contribution in [3.8, 4) is 0 Å². The largest absolute Gasteiger partial charge is 0.352 e. The minimum atomic E-state index is 0.587. The molecule has 0 aliphatic heterocycles. The standard InChI is InChI=1S/C10H10ClN/c11-10-9-7-3-1-6(2-4-7)8(9)5-12-10/h1,3,5-7,12H,2,4H2. The van der Waals surface area contributed by atoms with Crippen LogP contribution in [-0.4, -0.2) is 4.98 Å². The molecule has 0 aromatic carbocycles. The number of hydrogen-bond acceptors (Lipinski definition) is 0. The molecule has 1 N–H and O–H groups in total. The van der Waals surface area contributed by atoms with Gasteiger partial charge in [-0.2, -0.15) is 0 Å². The summed E-state index contributed by atoms with van der Waals surface area (Å²) >= 11 is 6.06. The molecule has 1 aromatic rings. The zero-order valence-electron chi connectivity index (χ0n) is 6.68. The smallest absolute Gasteiger partial charge is 0.110 e. The van der Waals surface area contributed by atoms with Crippen molar-refractivity contribution >= 4 is 11.6 Å². The van der Waals surface area contributed by atoms with Crippen LogP contribution in [0.3, 0.4) is 0 Å². The third-order valence-electron chi connectivity index (χ3n) is 3.04. The van der Waals surface area contributed by atoms with Crippen LogP contribution in [0.25, 0.3) is 0 Å². The Morgan fingerprint density at radius 3 is 2.67 bits per heavy atom. The van der Waals surface area contributed by atoms with Gasteiger partial charge >= 0.3 is 0 Å². The monoisotopic (exact) mass is 179 g/mol. The van der Waals surface area contributed by atoms with E-state index in [-0.39, 0.29) is 0 Å². The molecule has 2 unspecified atom stereocenters. The predicted octanol–water partition coefficient (Wildman–Crippen LogP) is 3.20. The number of fused-ring (bicyclic) bond motifs is 1. The van der Waals surface area contributed by atoms with Gasteiger partial charge in [0, 0.05) is 18.0 Å². The van der Waals surface area contributed by atoms with E-state index in [0.29, 0.717) is 11.8 Å². The summed E-state index contributed by atoms with van der Waals surface area (Å²) in [6, 6.07) is 0. The first-order valence-electron chi connectivity index (χ1n) is 4.41. The van der Waals surface area contributed by atoms with Gasteiger partial charge in [0.15, 0.2) is 0 Å². The zero-order chi connectivity index (χ0) is 8.13. The summed E-state index contributed by atoms with van der Waals surface area (Å²) in [6.07, 6.45) is 9.25. The molecule has 2 atom stereocenters.